The van der Waals surface area contributed by atoms with Gasteiger partial charge in [0.05, 0.1) is 7.11 Å². The minimum Gasteiger partial charge on any atom is -0.496 e. The van der Waals surface area contributed by atoms with Crippen molar-refractivity contribution >= 4 is 6.29 Å². The van der Waals surface area contributed by atoms with E-state index in [0.29, 0.717) is 6.42 Å². The van der Waals surface area contributed by atoms with Crippen LogP contribution in [-0.2, 0) is 16.6 Å². The van der Waals surface area contributed by atoms with E-state index >= 15 is 0 Å². The molecule has 0 spiro atoms. The molecule has 0 N–H and O–H groups in total. The summed E-state index contributed by atoms with van der Waals surface area (Å²) in [6, 6.07) is 4.28. The number of methoxy groups -OCH3 is 1. The summed E-state index contributed by atoms with van der Waals surface area (Å²) in [5, 5.41) is 0. The van der Waals surface area contributed by atoms with Crippen molar-refractivity contribution in [3.05, 3.63) is 28.8 Å². The van der Waals surface area contributed by atoms with Crippen molar-refractivity contribution in [2.75, 3.05) is 7.11 Å². The maximum Gasteiger partial charge on any atom is 0.125 e. The Balaban J connectivity index is 3.30. The zero-order chi connectivity index (χ0) is 13.1. The molecular formula is C15H22O2. The third-order valence-electron chi connectivity index (χ3n) is 2.85. The van der Waals surface area contributed by atoms with Crippen molar-refractivity contribution in [2.45, 2.75) is 46.0 Å². The number of hydrogen-bond acceptors (Lipinski definition) is 2. The van der Waals surface area contributed by atoms with E-state index in [1.54, 1.807) is 7.11 Å². The quantitative estimate of drug-likeness (QED) is 0.746. The Morgan fingerprint density at radius 3 is 2.41 bits per heavy atom. The summed E-state index contributed by atoms with van der Waals surface area (Å²) in [6.07, 6.45) is 2.25. The molecule has 0 unspecified atom stereocenters. The molecule has 1 aromatic rings. The smallest absolute Gasteiger partial charge is 0.125 e. The molecular weight excluding hydrogens is 212 g/mol. The second-order valence-electron chi connectivity index (χ2n) is 5.46. The van der Waals surface area contributed by atoms with Crippen molar-refractivity contribution in [1.82, 2.24) is 0 Å². The third-order valence-corrected chi connectivity index (χ3v) is 2.85. The van der Waals surface area contributed by atoms with Crippen LogP contribution in [0.4, 0.5) is 0 Å². The lowest BCUT2D eigenvalue weighted by Crippen LogP contribution is -2.14. The van der Waals surface area contributed by atoms with Crippen LogP contribution < -0.4 is 4.74 Å². The molecule has 0 aliphatic carbocycles. The van der Waals surface area contributed by atoms with Crippen molar-refractivity contribution in [2.24, 2.45) is 0 Å². The first-order chi connectivity index (χ1) is 7.90. The molecule has 0 aliphatic rings. The summed E-state index contributed by atoms with van der Waals surface area (Å²) < 4.78 is 5.54. The molecule has 0 saturated carbocycles. The van der Waals surface area contributed by atoms with Crippen LogP contribution in [0.3, 0.4) is 0 Å². The van der Waals surface area contributed by atoms with Gasteiger partial charge in [-0.05, 0) is 24.3 Å². The maximum atomic E-state index is 10.5. The Hall–Kier alpha value is -1.31. The highest BCUT2D eigenvalue weighted by molar-refractivity contribution is 5.53. The monoisotopic (exact) mass is 234 g/mol. The minimum atomic E-state index is 0.0489. The molecule has 0 bridgehead atoms. The van der Waals surface area contributed by atoms with Gasteiger partial charge in [0.25, 0.3) is 0 Å². The number of aryl methyl sites for hydroxylation is 2. The van der Waals surface area contributed by atoms with Gasteiger partial charge in [-0.2, -0.15) is 0 Å². The van der Waals surface area contributed by atoms with Crippen LogP contribution in [0.1, 0.15) is 43.9 Å². The third kappa shape index (κ3) is 3.32. The van der Waals surface area contributed by atoms with Gasteiger partial charge >= 0.3 is 0 Å². The second kappa shape index (κ2) is 5.35. The average molecular weight is 234 g/mol. The molecule has 0 amide bonds. The highest BCUT2D eigenvalue weighted by Gasteiger charge is 2.21. The standard InChI is InChI=1S/C15H22O2/c1-11-9-12(7-6-8-16)14(17-5)13(10-11)15(2,3)4/h8-10H,6-7H2,1-5H3. The lowest BCUT2D eigenvalue weighted by atomic mass is 9.83. The zero-order valence-corrected chi connectivity index (χ0v) is 11.5. The molecule has 2 nitrogen and oxygen atoms in total. The Morgan fingerprint density at radius 2 is 1.94 bits per heavy atom. The fourth-order valence-corrected chi connectivity index (χ4v) is 2.05. The molecule has 1 aromatic carbocycles. The van der Waals surface area contributed by atoms with Gasteiger partial charge in [0, 0.05) is 12.0 Å². The van der Waals surface area contributed by atoms with E-state index in [0.717, 1.165) is 24.0 Å². The maximum absolute atomic E-state index is 10.5. The number of ether oxygens (including phenoxy) is 1. The first-order valence-electron chi connectivity index (χ1n) is 6.01. The average Bonchev–Trinajstić information content (AvgIpc) is 2.24. The number of carbonyl (C=O) groups excluding carboxylic acids is 1. The van der Waals surface area contributed by atoms with Gasteiger partial charge < -0.3 is 9.53 Å². The van der Waals surface area contributed by atoms with E-state index < -0.39 is 0 Å². The molecule has 94 valence electrons. The Labute approximate surface area is 104 Å². The number of benzene rings is 1. The van der Waals surface area contributed by atoms with Crippen LogP contribution in [0.2, 0.25) is 0 Å². The first kappa shape index (κ1) is 13.8. The summed E-state index contributed by atoms with van der Waals surface area (Å²) >= 11 is 0. The van der Waals surface area contributed by atoms with Gasteiger partial charge in [-0.3, -0.25) is 0 Å². The topological polar surface area (TPSA) is 26.3 Å². The molecule has 0 fully saturated rings. The summed E-state index contributed by atoms with van der Waals surface area (Å²) in [5.41, 5.74) is 3.61. The lowest BCUT2D eigenvalue weighted by Gasteiger charge is -2.24. The van der Waals surface area contributed by atoms with Gasteiger partial charge in [0.15, 0.2) is 0 Å². The van der Waals surface area contributed by atoms with Crippen molar-refractivity contribution in [3.63, 3.8) is 0 Å². The Bertz CT molecular complexity index is 400. The lowest BCUT2D eigenvalue weighted by molar-refractivity contribution is -0.107. The van der Waals surface area contributed by atoms with E-state index in [2.05, 4.69) is 39.8 Å². The molecule has 0 saturated heterocycles. The van der Waals surface area contributed by atoms with Crippen molar-refractivity contribution in [1.29, 1.82) is 0 Å². The SMILES string of the molecule is COc1c(CCC=O)cc(C)cc1C(C)(C)C. The highest BCUT2D eigenvalue weighted by atomic mass is 16.5. The zero-order valence-electron chi connectivity index (χ0n) is 11.5. The van der Waals surface area contributed by atoms with Crippen molar-refractivity contribution < 1.29 is 9.53 Å². The molecule has 2 heteroatoms. The van der Waals surface area contributed by atoms with Crippen LogP contribution >= 0.6 is 0 Å². The molecule has 0 atom stereocenters. The predicted octanol–water partition coefficient (Wildman–Crippen LogP) is 3.43. The van der Waals surface area contributed by atoms with Gasteiger partial charge in [-0.1, -0.05) is 38.5 Å². The molecule has 0 radical (unpaired) electrons. The van der Waals surface area contributed by atoms with Crippen LogP contribution in [-0.4, -0.2) is 13.4 Å². The van der Waals surface area contributed by atoms with Crippen LogP contribution in [0, 0.1) is 6.92 Å². The number of carbonyl (C=O) groups is 1. The molecule has 0 aromatic heterocycles. The Morgan fingerprint density at radius 1 is 1.29 bits per heavy atom. The van der Waals surface area contributed by atoms with E-state index in [1.165, 1.54) is 11.1 Å². The Kier molecular flexibility index (Phi) is 4.33. The number of aldehydes is 1. The van der Waals surface area contributed by atoms with Gasteiger partial charge in [0.1, 0.15) is 12.0 Å². The molecule has 17 heavy (non-hydrogen) atoms. The minimum absolute atomic E-state index is 0.0489. The first-order valence-corrected chi connectivity index (χ1v) is 6.01. The summed E-state index contributed by atoms with van der Waals surface area (Å²) in [4.78, 5) is 10.5. The second-order valence-corrected chi connectivity index (χ2v) is 5.46. The fourth-order valence-electron chi connectivity index (χ4n) is 2.05. The van der Waals surface area contributed by atoms with Gasteiger partial charge in [0.2, 0.25) is 0 Å². The predicted molar refractivity (Wildman–Crippen MR) is 70.8 cm³/mol. The van der Waals surface area contributed by atoms with Crippen LogP contribution in [0.15, 0.2) is 12.1 Å². The molecule has 0 heterocycles. The van der Waals surface area contributed by atoms with Crippen LogP contribution in [0.5, 0.6) is 5.75 Å². The molecule has 1 rings (SSSR count). The summed E-state index contributed by atoms with van der Waals surface area (Å²) in [7, 11) is 1.70. The van der Waals surface area contributed by atoms with E-state index in [4.69, 9.17) is 4.74 Å². The number of hydrogen-bond donors (Lipinski definition) is 0. The van der Waals surface area contributed by atoms with E-state index in [1.807, 2.05) is 0 Å². The van der Waals surface area contributed by atoms with E-state index in [-0.39, 0.29) is 5.41 Å². The summed E-state index contributed by atoms with van der Waals surface area (Å²) in [5.74, 6) is 0.935. The summed E-state index contributed by atoms with van der Waals surface area (Å²) in [6.45, 7) is 8.61. The normalized spacial score (nSPS) is 11.4. The van der Waals surface area contributed by atoms with Gasteiger partial charge in [-0.25, -0.2) is 0 Å². The fraction of sp³-hybridized carbons (Fsp3) is 0.533. The number of rotatable bonds is 4. The van der Waals surface area contributed by atoms with Crippen molar-refractivity contribution in [3.8, 4) is 5.75 Å². The highest BCUT2D eigenvalue weighted by Crippen LogP contribution is 2.35. The molecule has 0 aliphatic heterocycles. The largest absolute Gasteiger partial charge is 0.496 e. The van der Waals surface area contributed by atoms with E-state index in [9.17, 15) is 4.79 Å². The van der Waals surface area contributed by atoms with Gasteiger partial charge in [-0.15, -0.1) is 0 Å². The van der Waals surface area contributed by atoms with Crippen LogP contribution in [0.25, 0.3) is 0 Å².